The van der Waals surface area contributed by atoms with Crippen molar-refractivity contribution in [1.82, 2.24) is 0 Å². The first-order chi connectivity index (χ1) is 21.4. The number of rotatable bonds is 18. The van der Waals surface area contributed by atoms with E-state index in [2.05, 4.69) is 171 Å². The first-order valence-corrected chi connectivity index (χ1v) is 30.9. The van der Waals surface area contributed by atoms with Crippen molar-refractivity contribution in [2.75, 3.05) is 0 Å². The molecule has 0 N–H and O–H groups in total. The molecule has 3 atom stereocenters. The van der Waals surface area contributed by atoms with Crippen LogP contribution < -0.4 is 0 Å². The Hall–Kier alpha value is -1.68. The number of hydrogen-bond acceptors (Lipinski definition) is 4. The Bertz CT molecular complexity index is 1200. The summed E-state index contributed by atoms with van der Waals surface area (Å²) in [6, 6.07) is 35.1. The van der Waals surface area contributed by atoms with Gasteiger partial charge in [-0.2, -0.15) is 0 Å². The van der Waals surface area contributed by atoms with Crippen molar-refractivity contribution in [3.63, 3.8) is 0 Å². The Balaban J connectivity index is 2.04. The third kappa shape index (κ3) is 12.4. The number of hydrogen-bond donors (Lipinski definition) is 0. The minimum absolute atomic E-state index is 0.353. The lowest BCUT2D eigenvalue weighted by atomic mass is 10.0. The van der Waals surface area contributed by atoms with E-state index in [-0.39, 0.29) is 0 Å². The lowest BCUT2D eigenvalue weighted by Crippen LogP contribution is -2.66. The smallest absolute Gasteiger partial charge is 0.396 e. The summed E-state index contributed by atoms with van der Waals surface area (Å²) in [7, 11) is -13.2. The minimum atomic E-state index is -3.69. The van der Waals surface area contributed by atoms with Crippen molar-refractivity contribution in [3.8, 4) is 0 Å². The van der Waals surface area contributed by atoms with E-state index in [1.807, 2.05) is 5.70 Å². The van der Waals surface area contributed by atoms with Gasteiger partial charge in [0.25, 0.3) is 0 Å². The van der Waals surface area contributed by atoms with Crippen molar-refractivity contribution in [1.29, 1.82) is 0 Å². The van der Waals surface area contributed by atoms with Crippen molar-refractivity contribution < 1.29 is 16.5 Å². The van der Waals surface area contributed by atoms with Gasteiger partial charge in [-0.1, -0.05) is 117 Å². The second-order valence-electron chi connectivity index (χ2n) is 15.5. The largest absolute Gasteiger partial charge is 0.637 e. The van der Waals surface area contributed by atoms with E-state index in [1.165, 1.54) is 16.7 Å². The molecule has 0 aliphatic carbocycles. The van der Waals surface area contributed by atoms with Crippen LogP contribution in [0.4, 0.5) is 0 Å². The molecule has 0 saturated heterocycles. The third-order valence-corrected chi connectivity index (χ3v) is 27.1. The Morgan fingerprint density at radius 2 is 0.739 bits per heavy atom. The molecular formula is C37H60O4Si5. The maximum Gasteiger partial charge on any atom is 0.637 e. The van der Waals surface area contributed by atoms with E-state index in [1.54, 1.807) is 0 Å². The average Bonchev–Trinajstić information content (AvgIpc) is 2.96. The molecule has 0 heterocycles. The second kappa shape index (κ2) is 16.1. The van der Waals surface area contributed by atoms with E-state index in [4.69, 9.17) is 16.5 Å². The van der Waals surface area contributed by atoms with Crippen LogP contribution in [-0.4, -0.2) is 42.3 Å². The fraction of sp³-hybridized carbons (Fsp3) is 0.459. The van der Waals surface area contributed by atoms with Gasteiger partial charge < -0.3 is 16.5 Å². The number of benzene rings is 3. The highest BCUT2D eigenvalue weighted by molar-refractivity contribution is 6.93. The maximum atomic E-state index is 7.47. The highest BCUT2D eigenvalue weighted by Gasteiger charge is 2.58. The molecule has 0 radical (unpaired) electrons. The van der Waals surface area contributed by atoms with E-state index in [0.29, 0.717) is 17.8 Å². The summed E-state index contributed by atoms with van der Waals surface area (Å²) in [6.07, 6.45) is 0. The molecular weight excluding hydrogens is 649 g/mol. The van der Waals surface area contributed by atoms with Crippen molar-refractivity contribution in [2.45, 2.75) is 109 Å². The predicted octanol–water partition coefficient (Wildman–Crippen LogP) is 11.4. The van der Waals surface area contributed by atoms with E-state index in [0.717, 1.165) is 18.1 Å². The molecule has 0 aliphatic rings. The normalized spacial score (nSPS) is 16.3. The van der Waals surface area contributed by atoms with Gasteiger partial charge in [0.05, 0.1) is 0 Å². The fourth-order valence-electron chi connectivity index (χ4n) is 6.54. The van der Waals surface area contributed by atoms with E-state index < -0.39 is 42.3 Å². The van der Waals surface area contributed by atoms with Gasteiger partial charge >= 0.3 is 9.05 Å². The van der Waals surface area contributed by atoms with Gasteiger partial charge in [0.1, 0.15) is 0 Å². The molecule has 0 bridgehead atoms. The van der Waals surface area contributed by atoms with E-state index >= 15 is 0 Å². The van der Waals surface area contributed by atoms with Crippen molar-refractivity contribution in [3.05, 3.63) is 120 Å². The molecule has 0 aliphatic heterocycles. The molecule has 0 spiro atoms. The van der Waals surface area contributed by atoms with Crippen LogP contribution in [-0.2, 0) is 16.5 Å². The first kappa shape index (κ1) is 38.8. The van der Waals surface area contributed by atoms with Crippen LogP contribution in [0.15, 0.2) is 103 Å². The summed E-state index contributed by atoms with van der Waals surface area (Å²) < 4.78 is 29.6. The van der Waals surface area contributed by atoms with Crippen molar-refractivity contribution >= 4 is 42.3 Å². The molecule has 3 rings (SSSR count). The van der Waals surface area contributed by atoms with Crippen LogP contribution in [0.3, 0.4) is 0 Å². The summed E-state index contributed by atoms with van der Waals surface area (Å²) in [5.41, 5.74) is 6.00. The van der Waals surface area contributed by atoms with Gasteiger partial charge in [-0.15, -0.1) is 6.58 Å². The summed E-state index contributed by atoms with van der Waals surface area (Å²) in [5, 5.41) is 0. The molecule has 0 aromatic heterocycles. The molecule has 4 nitrogen and oxygen atoms in total. The van der Waals surface area contributed by atoms with E-state index in [9.17, 15) is 0 Å². The zero-order valence-corrected chi connectivity index (χ0v) is 35.4. The molecule has 0 fully saturated rings. The molecule has 46 heavy (non-hydrogen) atoms. The minimum Gasteiger partial charge on any atom is -0.396 e. The lowest BCUT2D eigenvalue weighted by Gasteiger charge is -2.46. The van der Waals surface area contributed by atoms with Gasteiger partial charge in [-0.05, 0) is 105 Å². The third-order valence-electron chi connectivity index (χ3n) is 8.58. The van der Waals surface area contributed by atoms with Crippen molar-refractivity contribution in [2.24, 2.45) is 0 Å². The fourth-order valence-corrected chi connectivity index (χ4v) is 27.0. The molecule has 9 heteroatoms. The van der Waals surface area contributed by atoms with Gasteiger partial charge in [0.2, 0.25) is 8.32 Å². The molecule has 0 saturated carbocycles. The quantitative estimate of drug-likeness (QED) is 0.123. The monoisotopic (exact) mass is 708 g/mol. The van der Waals surface area contributed by atoms with Gasteiger partial charge in [-0.25, -0.2) is 0 Å². The van der Waals surface area contributed by atoms with Crippen LogP contribution in [0.25, 0.3) is 0 Å². The van der Waals surface area contributed by atoms with Gasteiger partial charge in [-0.3, -0.25) is 0 Å². The standard InChI is InChI=1S/C37H60O4Si5/c1-13-42(5,6)38-46(39-43(7,8)29-32(2)35-23-17-14-18-24-35,40-44(9,10)30-33(3)36-25-19-15-20-26-36)41-45(11,12)31-34(4)37-27-21-16-22-28-37/h13-28,32-34H,1,29-31H2,2-12H3. The SMILES string of the molecule is C=C[Si](C)(C)O[Si](O[Si](C)(C)CC(C)c1ccccc1)(O[Si](C)(C)CC(C)c1ccccc1)O[Si](C)(C)CC(C)c1ccccc1. The highest BCUT2D eigenvalue weighted by atomic mass is 28.5. The Labute approximate surface area is 286 Å². The Morgan fingerprint density at radius 3 is 0.978 bits per heavy atom. The average molecular weight is 709 g/mol. The summed E-state index contributed by atoms with van der Waals surface area (Å²) in [6.45, 7) is 29.4. The predicted molar refractivity (Wildman–Crippen MR) is 209 cm³/mol. The topological polar surface area (TPSA) is 36.9 Å². The summed E-state index contributed by atoms with van der Waals surface area (Å²) in [5.74, 6) is 1.06. The zero-order valence-electron chi connectivity index (χ0n) is 30.4. The molecule has 0 amide bonds. The van der Waals surface area contributed by atoms with Crippen LogP contribution in [0.2, 0.25) is 70.5 Å². The van der Waals surface area contributed by atoms with Crippen LogP contribution in [0.5, 0.6) is 0 Å². The highest BCUT2D eigenvalue weighted by Crippen LogP contribution is 2.38. The molecule has 252 valence electrons. The summed E-state index contributed by atoms with van der Waals surface area (Å²) >= 11 is 0. The Morgan fingerprint density at radius 1 is 0.478 bits per heavy atom. The zero-order chi connectivity index (χ0) is 34.2. The molecule has 3 aromatic carbocycles. The lowest BCUT2D eigenvalue weighted by molar-refractivity contribution is 0.146. The van der Waals surface area contributed by atoms with Gasteiger partial charge in [0.15, 0.2) is 25.0 Å². The molecule has 3 aromatic rings. The Kier molecular flexibility index (Phi) is 13.6. The second-order valence-corrected chi connectivity index (χ2v) is 35.2. The molecule has 3 unspecified atom stereocenters. The van der Waals surface area contributed by atoms with Crippen LogP contribution >= 0.6 is 0 Å². The van der Waals surface area contributed by atoms with Crippen LogP contribution in [0.1, 0.15) is 55.2 Å². The summed E-state index contributed by atoms with van der Waals surface area (Å²) in [4.78, 5) is 0. The van der Waals surface area contributed by atoms with Crippen LogP contribution in [0, 0.1) is 0 Å². The van der Waals surface area contributed by atoms with Gasteiger partial charge in [0, 0.05) is 0 Å². The first-order valence-electron chi connectivity index (χ1n) is 16.9. The maximum absolute atomic E-state index is 7.47.